The van der Waals surface area contributed by atoms with Gasteiger partial charge in [0.05, 0.1) is 18.3 Å². The van der Waals surface area contributed by atoms with Crippen LogP contribution >= 0.6 is 0 Å². The molecule has 0 bridgehead atoms. The molecule has 1 aliphatic carbocycles. The SMILES string of the molecule is CCCOC(=O)c1cnc(C2(N)CCC2)[nH]1. The van der Waals surface area contributed by atoms with E-state index in [1.54, 1.807) is 0 Å². The zero-order valence-corrected chi connectivity index (χ0v) is 9.45. The molecule has 1 heterocycles. The third kappa shape index (κ3) is 1.95. The lowest BCUT2D eigenvalue weighted by Gasteiger charge is -2.35. The van der Waals surface area contributed by atoms with Gasteiger partial charge in [-0.05, 0) is 25.7 Å². The van der Waals surface area contributed by atoms with Crippen molar-refractivity contribution in [2.24, 2.45) is 5.73 Å². The molecular formula is C11H17N3O2. The van der Waals surface area contributed by atoms with Crippen LogP contribution in [0.15, 0.2) is 6.20 Å². The highest BCUT2D eigenvalue weighted by atomic mass is 16.5. The maximum Gasteiger partial charge on any atom is 0.356 e. The van der Waals surface area contributed by atoms with E-state index in [-0.39, 0.29) is 11.5 Å². The number of H-pyrrole nitrogens is 1. The Morgan fingerprint density at radius 3 is 3.00 bits per heavy atom. The molecule has 3 N–H and O–H groups in total. The van der Waals surface area contributed by atoms with Gasteiger partial charge in [-0.2, -0.15) is 0 Å². The van der Waals surface area contributed by atoms with Gasteiger partial charge in [0.1, 0.15) is 11.5 Å². The first kappa shape index (κ1) is 11.1. The van der Waals surface area contributed by atoms with Crippen molar-refractivity contribution in [2.75, 3.05) is 6.61 Å². The highest BCUT2D eigenvalue weighted by Crippen LogP contribution is 2.36. The summed E-state index contributed by atoms with van der Waals surface area (Å²) < 4.78 is 5.00. The average Bonchev–Trinajstić information content (AvgIpc) is 2.72. The van der Waals surface area contributed by atoms with Gasteiger partial charge in [-0.15, -0.1) is 0 Å². The number of nitrogens with zero attached hydrogens (tertiary/aromatic N) is 1. The van der Waals surface area contributed by atoms with Gasteiger partial charge < -0.3 is 15.5 Å². The van der Waals surface area contributed by atoms with Crippen LogP contribution in [0, 0.1) is 0 Å². The Bertz CT molecular complexity index is 382. The number of nitrogens with one attached hydrogen (secondary N) is 1. The van der Waals surface area contributed by atoms with Gasteiger partial charge in [0.15, 0.2) is 0 Å². The summed E-state index contributed by atoms with van der Waals surface area (Å²) in [4.78, 5) is 18.6. The molecule has 0 saturated heterocycles. The molecule has 1 aromatic heterocycles. The lowest BCUT2D eigenvalue weighted by Crippen LogP contribution is -2.44. The first-order valence-corrected chi connectivity index (χ1v) is 5.67. The van der Waals surface area contributed by atoms with E-state index >= 15 is 0 Å². The van der Waals surface area contributed by atoms with Gasteiger partial charge in [-0.3, -0.25) is 0 Å². The van der Waals surface area contributed by atoms with E-state index in [0.29, 0.717) is 18.1 Å². The second-order valence-electron chi connectivity index (χ2n) is 4.29. The summed E-state index contributed by atoms with van der Waals surface area (Å²) in [7, 11) is 0. The molecule has 2 rings (SSSR count). The van der Waals surface area contributed by atoms with Crippen LogP contribution in [0.4, 0.5) is 0 Å². The van der Waals surface area contributed by atoms with E-state index in [4.69, 9.17) is 10.5 Å². The zero-order valence-electron chi connectivity index (χ0n) is 9.45. The Labute approximate surface area is 94.4 Å². The second-order valence-corrected chi connectivity index (χ2v) is 4.29. The number of carbonyl (C=O) groups excluding carboxylic acids is 1. The Morgan fingerprint density at radius 2 is 2.44 bits per heavy atom. The lowest BCUT2D eigenvalue weighted by molar-refractivity contribution is 0.0498. The van der Waals surface area contributed by atoms with E-state index in [1.165, 1.54) is 6.20 Å². The fraction of sp³-hybridized carbons (Fsp3) is 0.636. The molecule has 0 atom stereocenters. The summed E-state index contributed by atoms with van der Waals surface area (Å²) in [5.74, 6) is 0.339. The Kier molecular flexibility index (Phi) is 2.96. The van der Waals surface area contributed by atoms with Crippen molar-refractivity contribution in [1.82, 2.24) is 9.97 Å². The molecule has 0 unspecified atom stereocenters. The van der Waals surface area contributed by atoms with Crippen LogP contribution in [0.5, 0.6) is 0 Å². The van der Waals surface area contributed by atoms with E-state index in [9.17, 15) is 4.79 Å². The largest absolute Gasteiger partial charge is 0.461 e. The Morgan fingerprint density at radius 1 is 1.69 bits per heavy atom. The number of hydrogen-bond donors (Lipinski definition) is 2. The number of rotatable bonds is 4. The van der Waals surface area contributed by atoms with Gasteiger partial charge in [0, 0.05) is 0 Å². The maximum atomic E-state index is 11.5. The molecule has 1 aromatic rings. The van der Waals surface area contributed by atoms with E-state index in [2.05, 4.69) is 9.97 Å². The van der Waals surface area contributed by atoms with Crippen molar-refractivity contribution in [3.05, 3.63) is 17.7 Å². The van der Waals surface area contributed by atoms with Crippen molar-refractivity contribution in [2.45, 2.75) is 38.1 Å². The van der Waals surface area contributed by atoms with Crippen molar-refractivity contribution < 1.29 is 9.53 Å². The van der Waals surface area contributed by atoms with Crippen LogP contribution in [-0.2, 0) is 10.3 Å². The molecule has 5 nitrogen and oxygen atoms in total. The summed E-state index contributed by atoms with van der Waals surface area (Å²) in [6, 6.07) is 0. The lowest BCUT2D eigenvalue weighted by atomic mass is 9.77. The first-order chi connectivity index (χ1) is 7.65. The molecule has 0 aliphatic heterocycles. The molecule has 0 amide bonds. The molecule has 1 fully saturated rings. The summed E-state index contributed by atoms with van der Waals surface area (Å²) in [6.07, 6.45) is 5.27. The smallest absolute Gasteiger partial charge is 0.356 e. The molecule has 0 spiro atoms. The monoisotopic (exact) mass is 223 g/mol. The van der Waals surface area contributed by atoms with Crippen LogP contribution in [0.3, 0.4) is 0 Å². The topological polar surface area (TPSA) is 81.0 Å². The average molecular weight is 223 g/mol. The zero-order chi connectivity index (χ0) is 11.6. The number of esters is 1. The molecule has 5 heteroatoms. The summed E-state index contributed by atoms with van der Waals surface area (Å²) in [5, 5.41) is 0. The Balaban J connectivity index is 2.04. The van der Waals surface area contributed by atoms with E-state index in [0.717, 1.165) is 25.7 Å². The van der Waals surface area contributed by atoms with Crippen molar-refractivity contribution in [1.29, 1.82) is 0 Å². The molecule has 1 aliphatic rings. The second kappa shape index (κ2) is 4.25. The van der Waals surface area contributed by atoms with Crippen LogP contribution in [0.1, 0.15) is 48.9 Å². The van der Waals surface area contributed by atoms with Crippen molar-refractivity contribution in [3.8, 4) is 0 Å². The third-order valence-electron chi connectivity index (χ3n) is 2.95. The summed E-state index contributed by atoms with van der Waals surface area (Å²) >= 11 is 0. The standard InChI is InChI=1S/C11H17N3O2/c1-2-6-16-9(15)8-7-13-10(14-8)11(12)4-3-5-11/h7H,2-6,12H2,1H3,(H,13,14). The van der Waals surface area contributed by atoms with Crippen LogP contribution in [0.2, 0.25) is 0 Å². The summed E-state index contributed by atoms with van der Waals surface area (Å²) in [6.45, 7) is 2.38. The van der Waals surface area contributed by atoms with Gasteiger partial charge in [0.2, 0.25) is 0 Å². The van der Waals surface area contributed by atoms with Crippen LogP contribution < -0.4 is 5.73 Å². The minimum atomic E-state index is -0.358. The van der Waals surface area contributed by atoms with Crippen molar-refractivity contribution in [3.63, 3.8) is 0 Å². The molecule has 1 saturated carbocycles. The Hall–Kier alpha value is -1.36. The number of nitrogens with two attached hydrogens (primary N) is 1. The number of hydrogen-bond acceptors (Lipinski definition) is 4. The maximum absolute atomic E-state index is 11.5. The number of ether oxygens (including phenoxy) is 1. The number of aromatic amines is 1. The van der Waals surface area contributed by atoms with Gasteiger partial charge in [0.25, 0.3) is 0 Å². The van der Waals surface area contributed by atoms with Gasteiger partial charge in [-0.25, -0.2) is 9.78 Å². The van der Waals surface area contributed by atoms with Crippen LogP contribution in [-0.4, -0.2) is 22.5 Å². The fourth-order valence-electron chi connectivity index (χ4n) is 1.74. The molecule has 0 radical (unpaired) electrons. The number of aromatic nitrogens is 2. The van der Waals surface area contributed by atoms with E-state index < -0.39 is 0 Å². The minimum absolute atomic E-state index is 0.358. The first-order valence-electron chi connectivity index (χ1n) is 5.67. The third-order valence-corrected chi connectivity index (χ3v) is 2.95. The van der Waals surface area contributed by atoms with E-state index in [1.807, 2.05) is 6.92 Å². The predicted molar refractivity (Wildman–Crippen MR) is 58.9 cm³/mol. The van der Waals surface area contributed by atoms with Gasteiger partial charge in [-0.1, -0.05) is 6.92 Å². The van der Waals surface area contributed by atoms with Crippen molar-refractivity contribution >= 4 is 5.97 Å². The molecule has 0 aromatic carbocycles. The van der Waals surface area contributed by atoms with Gasteiger partial charge >= 0.3 is 5.97 Å². The highest BCUT2D eigenvalue weighted by molar-refractivity contribution is 5.87. The quantitative estimate of drug-likeness (QED) is 0.754. The minimum Gasteiger partial charge on any atom is -0.461 e. The number of carbonyl (C=O) groups is 1. The molecular weight excluding hydrogens is 206 g/mol. The molecule has 16 heavy (non-hydrogen) atoms. The van der Waals surface area contributed by atoms with Crippen LogP contribution in [0.25, 0.3) is 0 Å². The number of imidazole rings is 1. The normalized spacial score (nSPS) is 17.9. The fourth-order valence-corrected chi connectivity index (χ4v) is 1.74. The highest BCUT2D eigenvalue weighted by Gasteiger charge is 2.37. The molecule has 88 valence electrons. The summed E-state index contributed by atoms with van der Waals surface area (Å²) in [5.41, 5.74) is 6.12. The predicted octanol–water partition coefficient (Wildman–Crippen LogP) is 1.31.